The highest BCUT2D eigenvalue weighted by Crippen LogP contribution is 2.13. The van der Waals surface area contributed by atoms with E-state index in [0.717, 1.165) is 18.8 Å². The molecule has 0 aliphatic carbocycles. The maximum Gasteiger partial charge on any atom is 0.305 e. The highest BCUT2D eigenvalue weighted by Gasteiger charge is 2.04. The number of nitrogens with zero attached hydrogens (tertiary/aromatic N) is 2. The largest absolute Gasteiger partial charge is 0.469 e. The van der Waals surface area contributed by atoms with Crippen molar-refractivity contribution < 1.29 is 9.53 Å². The Bertz CT molecular complexity index is 340. The maximum atomic E-state index is 10.9. The van der Waals surface area contributed by atoms with E-state index in [0.29, 0.717) is 11.4 Å². The smallest absolute Gasteiger partial charge is 0.305 e. The molecular formula is C11H15ClN2O2. The Hall–Kier alpha value is -1.29. The average Bonchev–Trinajstić information content (AvgIpc) is 2.29. The van der Waals surface area contributed by atoms with E-state index in [9.17, 15) is 4.79 Å². The van der Waals surface area contributed by atoms with E-state index in [2.05, 4.69) is 9.72 Å². The zero-order valence-corrected chi connectivity index (χ0v) is 10.2. The molecule has 0 aliphatic heterocycles. The van der Waals surface area contributed by atoms with Crippen molar-refractivity contribution in [2.75, 3.05) is 25.6 Å². The van der Waals surface area contributed by atoms with E-state index in [1.807, 2.05) is 18.0 Å². The van der Waals surface area contributed by atoms with Crippen molar-refractivity contribution >= 4 is 23.4 Å². The number of ether oxygens (including phenoxy) is 1. The summed E-state index contributed by atoms with van der Waals surface area (Å²) < 4.78 is 4.56. The van der Waals surface area contributed by atoms with Gasteiger partial charge in [0.1, 0.15) is 5.82 Å². The molecule has 0 fully saturated rings. The van der Waals surface area contributed by atoms with Crippen LogP contribution in [0.25, 0.3) is 0 Å². The van der Waals surface area contributed by atoms with E-state index in [1.165, 1.54) is 7.11 Å². The van der Waals surface area contributed by atoms with Gasteiger partial charge in [-0.1, -0.05) is 11.6 Å². The normalized spacial score (nSPS) is 9.94. The van der Waals surface area contributed by atoms with Crippen molar-refractivity contribution in [2.45, 2.75) is 12.8 Å². The first-order valence-corrected chi connectivity index (χ1v) is 5.41. The molecule has 4 nitrogen and oxygen atoms in total. The Morgan fingerprint density at radius 3 is 2.88 bits per heavy atom. The van der Waals surface area contributed by atoms with E-state index in [-0.39, 0.29) is 5.97 Å². The predicted octanol–water partition coefficient (Wildman–Crippen LogP) is 2.12. The van der Waals surface area contributed by atoms with Gasteiger partial charge in [0.15, 0.2) is 0 Å². The summed E-state index contributed by atoms with van der Waals surface area (Å²) in [5.74, 6) is 0.659. The summed E-state index contributed by atoms with van der Waals surface area (Å²) in [6, 6.07) is 3.64. The number of carbonyl (C=O) groups is 1. The number of halogens is 1. The van der Waals surface area contributed by atoms with E-state index in [1.54, 1.807) is 12.3 Å². The summed E-state index contributed by atoms with van der Waals surface area (Å²) in [6.45, 7) is 0.754. The zero-order chi connectivity index (χ0) is 12.0. The van der Waals surface area contributed by atoms with Crippen LogP contribution in [0.1, 0.15) is 12.8 Å². The van der Waals surface area contributed by atoms with E-state index < -0.39 is 0 Å². The molecule has 0 aromatic carbocycles. The highest BCUT2D eigenvalue weighted by atomic mass is 35.5. The van der Waals surface area contributed by atoms with Crippen molar-refractivity contribution in [2.24, 2.45) is 0 Å². The molecule has 0 saturated heterocycles. The van der Waals surface area contributed by atoms with Gasteiger partial charge in [0, 0.05) is 26.2 Å². The number of esters is 1. The summed E-state index contributed by atoms with van der Waals surface area (Å²) >= 11 is 5.74. The van der Waals surface area contributed by atoms with Crippen LogP contribution in [-0.4, -0.2) is 31.7 Å². The Morgan fingerprint density at radius 1 is 1.56 bits per heavy atom. The fourth-order valence-electron chi connectivity index (χ4n) is 1.27. The number of carbonyl (C=O) groups excluding carboxylic acids is 1. The quantitative estimate of drug-likeness (QED) is 0.742. The maximum absolute atomic E-state index is 10.9. The molecule has 0 radical (unpaired) electrons. The first kappa shape index (κ1) is 12.8. The van der Waals surface area contributed by atoms with Gasteiger partial charge in [-0.3, -0.25) is 4.79 Å². The van der Waals surface area contributed by atoms with Crippen LogP contribution in [0.3, 0.4) is 0 Å². The molecule has 16 heavy (non-hydrogen) atoms. The summed E-state index contributed by atoms with van der Waals surface area (Å²) in [5.41, 5.74) is 0. The number of aromatic nitrogens is 1. The molecule has 5 heteroatoms. The van der Waals surface area contributed by atoms with Gasteiger partial charge >= 0.3 is 5.97 Å². The number of pyridine rings is 1. The number of methoxy groups -OCH3 is 1. The Kier molecular flexibility index (Phi) is 5.05. The van der Waals surface area contributed by atoms with Crippen LogP contribution in [0.15, 0.2) is 18.3 Å². The minimum atomic E-state index is -0.183. The second-order valence-electron chi connectivity index (χ2n) is 3.44. The number of hydrogen-bond acceptors (Lipinski definition) is 4. The monoisotopic (exact) mass is 242 g/mol. The fraction of sp³-hybridized carbons (Fsp3) is 0.455. The highest BCUT2D eigenvalue weighted by molar-refractivity contribution is 6.30. The molecule has 88 valence electrons. The van der Waals surface area contributed by atoms with Gasteiger partial charge in [-0.15, -0.1) is 0 Å². The topological polar surface area (TPSA) is 42.4 Å². The lowest BCUT2D eigenvalue weighted by Crippen LogP contribution is -2.20. The minimum Gasteiger partial charge on any atom is -0.469 e. The summed E-state index contributed by atoms with van der Waals surface area (Å²) in [7, 11) is 3.32. The molecule has 0 spiro atoms. The van der Waals surface area contributed by atoms with Crippen LogP contribution in [0, 0.1) is 0 Å². The lowest BCUT2D eigenvalue weighted by atomic mass is 10.3. The van der Waals surface area contributed by atoms with E-state index in [4.69, 9.17) is 11.6 Å². The minimum absolute atomic E-state index is 0.183. The van der Waals surface area contributed by atoms with Gasteiger partial charge in [0.05, 0.1) is 12.1 Å². The second-order valence-corrected chi connectivity index (χ2v) is 3.87. The molecule has 0 saturated carbocycles. The molecule has 1 aromatic rings. The standard InChI is InChI=1S/C11H15ClN2O2/c1-14(7-3-4-11(15)16-2)10-6-5-9(12)8-13-10/h5-6,8H,3-4,7H2,1-2H3. The van der Waals surface area contributed by atoms with Gasteiger partial charge in [-0.2, -0.15) is 0 Å². The molecule has 1 rings (SSSR count). The van der Waals surface area contributed by atoms with Crippen LogP contribution >= 0.6 is 11.6 Å². The van der Waals surface area contributed by atoms with Gasteiger partial charge in [0.25, 0.3) is 0 Å². The van der Waals surface area contributed by atoms with E-state index >= 15 is 0 Å². The molecular weight excluding hydrogens is 228 g/mol. The SMILES string of the molecule is COC(=O)CCCN(C)c1ccc(Cl)cn1. The van der Waals surface area contributed by atoms with Gasteiger partial charge in [-0.05, 0) is 18.6 Å². The fourth-order valence-corrected chi connectivity index (χ4v) is 1.38. The molecule has 0 atom stereocenters. The number of rotatable bonds is 5. The molecule has 1 aromatic heterocycles. The van der Waals surface area contributed by atoms with Crippen LogP contribution in [0.2, 0.25) is 5.02 Å². The molecule has 0 bridgehead atoms. The zero-order valence-electron chi connectivity index (χ0n) is 9.44. The number of anilines is 1. The first-order chi connectivity index (χ1) is 7.63. The third kappa shape index (κ3) is 4.06. The van der Waals surface area contributed by atoms with Gasteiger partial charge < -0.3 is 9.64 Å². The number of hydrogen-bond donors (Lipinski definition) is 0. The third-order valence-electron chi connectivity index (χ3n) is 2.20. The van der Waals surface area contributed by atoms with Gasteiger partial charge in [0.2, 0.25) is 0 Å². The third-order valence-corrected chi connectivity index (χ3v) is 2.43. The van der Waals surface area contributed by atoms with Gasteiger partial charge in [-0.25, -0.2) is 4.98 Å². The summed E-state index contributed by atoms with van der Waals surface area (Å²) in [6.07, 6.45) is 2.77. The first-order valence-electron chi connectivity index (χ1n) is 5.03. The Balaban J connectivity index is 2.37. The van der Waals surface area contributed by atoms with Crippen molar-refractivity contribution in [3.8, 4) is 0 Å². The second kappa shape index (κ2) is 6.33. The van der Waals surface area contributed by atoms with Crippen LogP contribution in [0.4, 0.5) is 5.82 Å². The lowest BCUT2D eigenvalue weighted by molar-refractivity contribution is -0.140. The Morgan fingerprint density at radius 2 is 2.31 bits per heavy atom. The van der Waals surface area contributed by atoms with Crippen LogP contribution in [-0.2, 0) is 9.53 Å². The molecule has 0 unspecified atom stereocenters. The molecule has 0 N–H and O–H groups in total. The molecule has 0 amide bonds. The lowest BCUT2D eigenvalue weighted by Gasteiger charge is -2.17. The average molecular weight is 243 g/mol. The van der Waals surface area contributed by atoms with Crippen molar-refractivity contribution in [3.63, 3.8) is 0 Å². The van der Waals surface area contributed by atoms with Crippen LogP contribution < -0.4 is 4.90 Å². The van der Waals surface area contributed by atoms with Crippen molar-refractivity contribution in [3.05, 3.63) is 23.4 Å². The predicted molar refractivity (Wildman–Crippen MR) is 63.8 cm³/mol. The Labute approximate surface area is 100 Å². The van der Waals surface area contributed by atoms with Crippen molar-refractivity contribution in [1.29, 1.82) is 0 Å². The summed E-state index contributed by atoms with van der Waals surface area (Å²) in [4.78, 5) is 17.0. The molecule has 0 aliphatic rings. The van der Waals surface area contributed by atoms with Crippen LogP contribution in [0.5, 0.6) is 0 Å². The summed E-state index contributed by atoms with van der Waals surface area (Å²) in [5, 5.41) is 0.617. The molecule has 1 heterocycles. The van der Waals surface area contributed by atoms with Crippen molar-refractivity contribution in [1.82, 2.24) is 4.98 Å².